The maximum Gasteiger partial charge on any atom is 0.407 e. The van der Waals surface area contributed by atoms with Crippen molar-refractivity contribution in [2.45, 2.75) is 19.4 Å². The first-order valence-electron chi connectivity index (χ1n) is 8.18. The number of amides is 1. The molecule has 0 atom stereocenters. The number of pyridine rings is 1. The molecule has 11 heteroatoms. The third-order valence-electron chi connectivity index (χ3n) is 4.37. The maximum absolute atomic E-state index is 15.1. The minimum atomic E-state index is -4.14. The molecule has 3 rings (SSSR count). The number of halogens is 2. The summed E-state index contributed by atoms with van der Waals surface area (Å²) >= 11 is 0. The van der Waals surface area contributed by atoms with Crippen LogP contribution in [0.25, 0.3) is 11.3 Å². The molecule has 0 aromatic carbocycles. The lowest BCUT2D eigenvalue weighted by atomic mass is 10.2. The monoisotopic (exact) mass is 400 g/mol. The van der Waals surface area contributed by atoms with Gasteiger partial charge in [-0.25, -0.2) is 18.1 Å². The topological polar surface area (TPSA) is 95.7 Å². The number of carbonyl (C=O) groups is 1. The number of rotatable bonds is 5. The van der Waals surface area contributed by atoms with Gasteiger partial charge < -0.3 is 10.0 Å². The van der Waals surface area contributed by atoms with E-state index in [0.717, 1.165) is 17.3 Å². The lowest BCUT2D eigenvalue weighted by Gasteiger charge is -2.18. The van der Waals surface area contributed by atoms with Crippen LogP contribution in [0, 0.1) is 11.8 Å². The summed E-state index contributed by atoms with van der Waals surface area (Å²) in [6, 6.07) is 2.59. The Bertz CT molecular complexity index is 971. The Labute approximate surface area is 154 Å². The highest BCUT2D eigenvalue weighted by Gasteiger charge is 2.33. The highest BCUT2D eigenvalue weighted by Crippen LogP contribution is 2.32. The van der Waals surface area contributed by atoms with Crippen molar-refractivity contribution in [2.75, 3.05) is 20.1 Å². The summed E-state index contributed by atoms with van der Waals surface area (Å²) in [5.74, 6) is -2.02. The fraction of sp³-hybridized carbons (Fsp3) is 0.375. The van der Waals surface area contributed by atoms with Crippen molar-refractivity contribution in [1.29, 1.82) is 0 Å². The molecule has 3 heterocycles. The SMILES string of the molecule is CN(Cc1cn(S(=O)(=O)N2CCCC2)c(-c2cccnc2F)c1F)C(=O)O. The van der Waals surface area contributed by atoms with Crippen LogP contribution in [0.2, 0.25) is 0 Å². The van der Waals surface area contributed by atoms with Gasteiger partial charge in [-0.15, -0.1) is 0 Å². The molecular weight excluding hydrogens is 382 g/mol. The number of hydrogen-bond donors (Lipinski definition) is 1. The van der Waals surface area contributed by atoms with Crippen LogP contribution in [-0.4, -0.2) is 57.9 Å². The minimum Gasteiger partial charge on any atom is -0.465 e. The van der Waals surface area contributed by atoms with Crippen molar-refractivity contribution < 1.29 is 27.1 Å². The van der Waals surface area contributed by atoms with E-state index in [1.165, 1.54) is 23.5 Å². The molecule has 0 bridgehead atoms. The summed E-state index contributed by atoms with van der Waals surface area (Å²) in [4.78, 5) is 15.3. The summed E-state index contributed by atoms with van der Waals surface area (Å²) in [5, 5.41) is 9.00. The van der Waals surface area contributed by atoms with Gasteiger partial charge in [0.05, 0.1) is 12.1 Å². The summed E-state index contributed by atoms with van der Waals surface area (Å²) in [5.41, 5.74) is -0.996. The van der Waals surface area contributed by atoms with Crippen LogP contribution < -0.4 is 0 Å². The lowest BCUT2D eigenvalue weighted by molar-refractivity contribution is 0.153. The molecule has 0 saturated carbocycles. The molecule has 1 N–H and O–H groups in total. The predicted octanol–water partition coefficient (Wildman–Crippen LogP) is 2.13. The summed E-state index contributed by atoms with van der Waals surface area (Å²) in [6.07, 6.45) is 2.21. The number of nitrogens with zero attached hydrogens (tertiary/aromatic N) is 4. The molecule has 146 valence electrons. The molecule has 1 aliphatic rings. The Kier molecular flexibility index (Phi) is 5.16. The third-order valence-corrected chi connectivity index (χ3v) is 6.17. The van der Waals surface area contributed by atoms with E-state index in [1.807, 2.05) is 0 Å². The average Bonchev–Trinajstić information content (AvgIpc) is 3.25. The molecule has 0 aliphatic carbocycles. The van der Waals surface area contributed by atoms with Crippen LogP contribution in [0.5, 0.6) is 0 Å². The van der Waals surface area contributed by atoms with E-state index in [-0.39, 0.29) is 24.2 Å². The van der Waals surface area contributed by atoms with Gasteiger partial charge in [-0.3, -0.25) is 0 Å². The normalized spacial score (nSPS) is 15.2. The third kappa shape index (κ3) is 3.52. The number of aromatic nitrogens is 2. The fourth-order valence-corrected chi connectivity index (χ4v) is 4.61. The Morgan fingerprint density at radius 2 is 2.00 bits per heavy atom. The fourth-order valence-electron chi connectivity index (χ4n) is 2.97. The summed E-state index contributed by atoms with van der Waals surface area (Å²) < 4.78 is 57.1. The number of hydrogen-bond acceptors (Lipinski definition) is 4. The quantitative estimate of drug-likeness (QED) is 0.776. The van der Waals surface area contributed by atoms with Gasteiger partial charge in [0.25, 0.3) is 0 Å². The van der Waals surface area contributed by atoms with Gasteiger partial charge >= 0.3 is 16.3 Å². The zero-order valence-electron chi connectivity index (χ0n) is 14.5. The first-order valence-corrected chi connectivity index (χ1v) is 9.58. The molecular formula is C16H18F2N4O4S. The van der Waals surface area contributed by atoms with E-state index in [1.54, 1.807) is 0 Å². The van der Waals surface area contributed by atoms with Gasteiger partial charge in [0.2, 0.25) is 5.95 Å². The summed E-state index contributed by atoms with van der Waals surface area (Å²) in [7, 11) is -2.92. The molecule has 1 amide bonds. The first-order chi connectivity index (χ1) is 12.7. The Balaban J connectivity index is 2.19. The molecule has 0 radical (unpaired) electrons. The second-order valence-electron chi connectivity index (χ2n) is 6.21. The van der Waals surface area contributed by atoms with E-state index in [9.17, 15) is 17.6 Å². The smallest absolute Gasteiger partial charge is 0.407 e. The van der Waals surface area contributed by atoms with Gasteiger partial charge in [0.15, 0.2) is 5.82 Å². The molecule has 0 spiro atoms. The Morgan fingerprint density at radius 1 is 1.33 bits per heavy atom. The van der Waals surface area contributed by atoms with Gasteiger partial charge in [0, 0.05) is 38.1 Å². The van der Waals surface area contributed by atoms with Crippen LogP contribution in [0.4, 0.5) is 13.6 Å². The molecule has 8 nitrogen and oxygen atoms in total. The molecule has 2 aromatic rings. The average molecular weight is 400 g/mol. The molecule has 1 aliphatic heterocycles. The lowest BCUT2D eigenvalue weighted by Crippen LogP contribution is -2.33. The highest BCUT2D eigenvalue weighted by atomic mass is 32.2. The largest absolute Gasteiger partial charge is 0.465 e. The molecule has 1 fully saturated rings. The highest BCUT2D eigenvalue weighted by molar-refractivity contribution is 7.87. The molecule has 1 saturated heterocycles. The van der Waals surface area contributed by atoms with Crippen molar-refractivity contribution in [3.63, 3.8) is 0 Å². The van der Waals surface area contributed by atoms with Gasteiger partial charge in [0.1, 0.15) is 5.69 Å². The summed E-state index contributed by atoms with van der Waals surface area (Å²) in [6.45, 7) is 0.168. The maximum atomic E-state index is 15.1. The van der Waals surface area contributed by atoms with Crippen LogP contribution in [0.1, 0.15) is 18.4 Å². The van der Waals surface area contributed by atoms with Crippen LogP contribution in [-0.2, 0) is 16.8 Å². The molecule has 0 unspecified atom stereocenters. The minimum absolute atomic E-state index is 0.180. The predicted molar refractivity (Wildman–Crippen MR) is 92.2 cm³/mol. The van der Waals surface area contributed by atoms with Gasteiger partial charge in [-0.1, -0.05) is 0 Å². The van der Waals surface area contributed by atoms with Crippen molar-refractivity contribution in [3.8, 4) is 11.3 Å². The van der Waals surface area contributed by atoms with Crippen LogP contribution >= 0.6 is 0 Å². The molecule has 27 heavy (non-hydrogen) atoms. The van der Waals surface area contributed by atoms with Gasteiger partial charge in [-0.05, 0) is 25.0 Å². The molecule has 2 aromatic heterocycles. The van der Waals surface area contributed by atoms with E-state index in [4.69, 9.17) is 5.11 Å². The second kappa shape index (κ2) is 7.24. The zero-order valence-corrected chi connectivity index (χ0v) is 15.3. The van der Waals surface area contributed by atoms with Crippen LogP contribution in [0.15, 0.2) is 24.5 Å². The van der Waals surface area contributed by atoms with E-state index >= 15 is 4.39 Å². The van der Waals surface area contributed by atoms with Crippen LogP contribution in [0.3, 0.4) is 0 Å². The Hall–Kier alpha value is -2.53. The van der Waals surface area contributed by atoms with Crippen molar-refractivity contribution in [1.82, 2.24) is 18.2 Å². The van der Waals surface area contributed by atoms with E-state index in [2.05, 4.69) is 4.98 Å². The standard InChI is InChI=1S/C16H18F2N4O4S/c1-20(16(23)24)9-11-10-22(27(25,26)21-7-2-3-8-21)14(13(11)17)12-5-4-6-19-15(12)18/h4-6,10H,2-3,7-9H2,1H3,(H,23,24). The van der Waals surface area contributed by atoms with Crippen molar-refractivity contribution >= 4 is 16.3 Å². The van der Waals surface area contributed by atoms with Gasteiger partial charge in [-0.2, -0.15) is 17.1 Å². The van der Waals surface area contributed by atoms with Crippen molar-refractivity contribution in [3.05, 3.63) is 41.9 Å². The zero-order chi connectivity index (χ0) is 19.8. The van der Waals surface area contributed by atoms with Crippen molar-refractivity contribution in [2.24, 2.45) is 0 Å². The Morgan fingerprint density at radius 3 is 2.59 bits per heavy atom. The van der Waals surface area contributed by atoms with E-state index < -0.39 is 40.3 Å². The van der Waals surface area contributed by atoms with E-state index in [0.29, 0.717) is 16.8 Å². The second-order valence-corrected chi connectivity index (χ2v) is 8.01. The number of carboxylic acid groups (broad SMARTS) is 1. The first kappa shape index (κ1) is 19.2.